The number of hydrogen-bond acceptors (Lipinski definition) is 3. The van der Waals surface area contributed by atoms with Crippen LogP contribution in [0.5, 0.6) is 0 Å². The third kappa shape index (κ3) is 2.22. The molecule has 0 spiro atoms. The Kier molecular flexibility index (Phi) is 3.85. The number of ether oxygens (including phenoxy) is 2. The molecule has 0 aromatic heterocycles. The molecule has 0 amide bonds. The molecule has 3 fully saturated rings. The zero-order valence-corrected chi connectivity index (χ0v) is 14.9. The number of allylic oxidation sites excluding steroid dienone is 2. The smallest absolute Gasteiger partial charge is 0.307 e. The van der Waals surface area contributed by atoms with E-state index >= 15 is 0 Å². The van der Waals surface area contributed by atoms with Crippen LogP contribution in [0.1, 0.15) is 46.0 Å². The third-order valence-electron chi connectivity index (χ3n) is 7.72. The van der Waals surface area contributed by atoms with E-state index in [4.69, 9.17) is 9.47 Å². The molecule has 2 aliphatic carbocycles. The van der Waals surface area contributed by atoms with Crippen molar-refractivity contribution in [1.29, 1.82) is 0 Å². The molecule has 1 saturated carbocycles. The lowest BCUT2D eigenvalue weighted by molar-refractivity contribution is -0.193. The highest BCUT2D eigenvalue weighted by Gasteiger charge is 2.62. The van der Waals surface area contributed by atoms with E-state index in [1.165, 1.54) is 0 Å². The molecule has 4 heteroatoms. The van der Waals surface area contributed by atoms with E-state index in [0.29, 0.717) is 19.1 Å². The second kappa shape index (κ2) is 5.57. The highest BCUT2D eigenvalue weighted by molar-refractivity contribution is 5.72. The Morgan fingerprint density at radius 1 is 1.21 bits per heavy atom. The van der Waals surface area contributed by atoms with Crippen molar-refractivity contribution >= 4 is 5.97 Å². The Bertz CT molecular complexity index is 535. The van der Waals surface area contributed by atoms with Gasteiger partial charge in [-0.2, -0.15) is 0 Å². The van der Waals surface area contributed by atoms with Crippen molar-refractivity contribution < 1.29 is 19.4 Å². The van der Waals surface area contributed by atoms with Crippen LogP contribution in [0.3, 0.4) is 0 Å². The van der Waals surface area contributed by atoms with Gasteiger partial charge in [0.15, 0.2) is 0 Å². The molecule has 4 nitrogen and oxygen atoms in total. The number of hydrogen-bond donors (Lipinski definition) is 1. The predicted molar refractivity (Wildman–Crippen MR) is 90.6 cm³/mol. The van der Waals surface area contributed by atoms with Crippen LogP contribution in [-0.2, 0) is 14.3 Å². The molecule has 24 heavy (non-hydrogen) atoms. The van der Waals surface area contributed by atoms with Gasteiger partial charge in [-0.1, -0.05) is 26.0 Å². The van der Waals surface area contributed by atoms with E-state index in [9.17, 15) is 9.90 Å². The monoisotopic (exact) mass is 334 g/mol. The number of carbonyl (C=O) groups is 1. The van der Waals surface area contributed by atoms with Crippen LogP contribution in [0.25, 0.3) is 0 Å². The number of aliphatic carboxylic acids is 1. The van der Waals surface area contributed by atoms with Gasteiger partial charge in [0.05, 0.1) is 32.3 Å². The van der Waals surface area contributed by atoms with Crippen LogP contribution in [0, 0.1) is 34.0 Å². The summed E-state index contributed by atoms with van der Waals surface area (Å²) in [6, 6.07) is 0. The summed E-state index contributed by atoms with van der Waals surface area (Å²) in [5.41, 5.74) is 0.170. The Morgan fingerprint density at radius 3 is 2.33 bits per heavy atom. The Balaban J connectivity index is 1.65. The lowest BCUT2D eigenvalue weighted by atomic mass is 9.56. The predicted octanol–water partition coefficient (Wildman–Crippen LogP) is 3.51. The van der Waals surface area contributed by atoms with Gasteiger partial charge in [-0.05, 0) is 49.4 Å². The first-order valence-corrected chi connectivity index (χ1v) is 9.56. The van der Waals surface area contributed by atoms with Crippen molar-refractivity contribution in [2.24, 2.45) is 34.0 Å². The van der Waals surface area contributed by atoms with Crippen molar-refractivity contribution in [2.45, 2.75) is 46.0 Å². The van der Waals surface area contributed by atoms with Crippen LogP contribution >= 0.6 is 0 Å². The second-order valence-corrected chi connectivity index (χ2v) is 8.95. The fourth-order valence-corrected chi connectivity index (χ4v) is 6.03. The minimum atomic E-state index is -0.610. The van der Waals surface area contributed by atoms with E-state index in [1.54, 1.807) is 0 Å². The number of carboxylic acid groups (broad SMARTS) is 1. The van der Waals surface area contributed by atoms with E-state index < -0.39 is 5.97 Å². The quantitative estimate of drug-likeness (QED) is 0.724. The molecule has 4 atom stereocenters. The molecule has 0 aromatic carbocycles. The number of carboxylic acids is 1. The van der Waals surface area contributed by atoms with Crippen LogP contribution in [0.2, 0.25) is 0 Å². The first-order valence-electron chi connectivity index (χ1n) is 9.56. The SMILES string of the molecule is CCC1(CC23C=CC(CC2C(C(=O)O)C2(CC)COC2)C3)COC1. The van der Waals surface area contributed by atoms with Gasteiger partial charge in [-0.25, -0.2) is 0 Å². The lowest BCUT2D eigenvalue weighted by Gasteiger charge is -2.53. The molecule has 2 aliphatic heterocycles. The molecule has 4 rings (SSSR count). The molecular weight excluding hydrogens is 304 g/mol. The fraction of sp³-hybridized carbons (Fsp3) is 0.850. The number of rotatable bonds is 7. The Labute approximate surface area is 144 Å². The standard InChI is InChI=1S/C20H30O4/c1-3-18(10-23-11-18)9-20-6-5-14(8-20)7-15(20)16(17(21)22)19(4-2)12-24-13-19/h5-6,14-16H,3-4,7-13H2,1-2H3,(H,21,22). The van der Waals surface area contributed by atoms with E-state index in [-0.39, 0.29) is 28.1 Å². The van der Waals surface area contributed by atoms with Gasteiger partial charge >= 0.3 is 5.97 Å². The molecule has 4 unspecified atom stereocenters. The molecule has 0 radical (unpaired) electrons. The van der Waals surface area contributed by atoms with E-state index in [2.05, 4.69) is 26.0 Å². The molecule has 4 aliphatic rings. The zero-order valence-electron chi connectivity index (χ0n) is 14.9. The summed E-state index contributed by atoms with van der Waals surface area (Å²) < 4.78 is 11.0. The van der Waals surface area contributed by atoms with Crippen LogP contribution < -0.4 is 0 Å². The lowest BCUT2D eigenvalue weighted by Crippen LogP contribution is -2.56. The topological polar surface area (TPSA) is 55.8 Å². The maximum atomic E-state index is 12.3. The second-order valence-electron chi connectivity index (χ2n) is 8.95. The summed E-state index contributed by atoms with van der Waals surface area (Å²) >= 11 is 0. The van der Waals surface area contributed by atoms with Crippen molar-refractivity contribution in [2.75, 3.05) is 26.4 Å². The first-order chi connectivity index (χ1) is 11.5. The van der Waals surface area contributed by atoms with Gasteiger partial charge in [-0.3, -0.25) is 4.79 Å². The zero-order chi connectivity index (χ0) is 17.0. The largest absolute Gasteiger partial charge is 0.481 e. The van der Waals surface area contributed by atoms with Gasteiger partial charge < -0.3 is 14.6 Å². The minimum absolute atomic E-state index is 0.0608. The molecule has 2 bridgehead atoms. The Hall–Kier alpha value is -0.870. The van der Waals surface area contributed by atoms with Gasteiger partial charge in [0.2, 0.25) is 0 Å². The summed E-state index contributed by atoms with van der Waals surface area (Å²) in [6.07, 6.45) is 10.0. The average molecular weight is 334 g/mol. The summed E-state index contributed by atoms with van der Waals surface area (Å²) in [5.74, 6) is -0.0680. The van der Waals surface area contributed by atoms with Crippen LogP contribution in [0.15, 0.2) is 12.2 Å². The Morgan fingerprint density at radius 2 is 1.92 bits per heavy atom. The van der Waals surface area contributed by atoms with Crippen LogP contribution in [-0.4, -0.2) is 37.5 Å². The highest BCUT2D eigenvalue weighted by atomic mass is 16.5. The van der Waals surface area contributed by atoms with E-state index in [1.807, 2.05) is 0 Å². The van der Waals surface area contributed by atoms with Gasteiger partial charge in [0.1, 0.15) is 0 Å². The van der Waals surface area contributed by atoms with E-state index in [0.717, 1.165) is 45.3 Å². The highest BCUT2D eigenvalue weighted by Crippen LogP contribution is 2.64. The minimum Gasteiger partial charge on any atom is -0.481 e. The maximum absolute atomic E-state index is 12.3. The summed E-state index contributed by atoms with van der Waals surface area (Å²) in [5, 5.41) is 10.1. The average Bonchev–Trinajstić information content (AvgIpc) is 3.04. The molecule has 2 saturated heterocycles. The normalized spacial score (nSPS) is 39.2. The maximum Gasteiger partial charge on any atom is 0.307 e. The number of fused-ring (bicyclic) bond motifs is 2. The van der Waals surface area contributed by atoms with Gasteiger partial charge in [-0.15, -0.1) is 0 Å². The summed E-state index contributed by atoms with van der Waals surface area (Å²) in [4.78, 5) is 12.3. The fourth-order valence-electron chi connectivity index (χ4n) is 6.03. The molecule has 0 aromatic rings. The van der Waals surface area contributed by atoms with Crippen molar-refractivity contribution in [1.82, 2.24) is 0 Å². The first kappa shape index (κ1) is 16.6. The van der Waals surface area contributed by atoms with Gasteiger partial charge in [0, 0.05) is 10.8 Å². The van der Waals surface area contributed by atoms with Crippen LogP contribution in [0.4, 0.5) is 0 Å². The van der Waals surface area contributed by atoms with Gasteiger partial charge in [0.25, 0.3) is 0 Å². The molecule has 134 valence electrons. The van der Waals surface area contributed by atoms with Crippen molar-refractivity contribution in [3.05, 3.63) is 12.2 Å². The third-order valence-corrected chi connectivity index (χ3v) is 7.72. The van der Waals surface area contributed by atoms with Crippen molar-refractivity contribution in [3.63, 3.8) is 0 Å². The summed E-state index contributed by atoms with van der Waals surface area (Å²) in [7, 11) is 0. The molecule has 2 heterocycles. The summed E-state index contributed by atoms with van der Waals surface area (Å²) in [6.45, 7) is 7.29. The molecule has 1 N–H and O–H groups in total. The molecular formula is C20H30O4. The van der Waals surface area contributed by atoms with Crippen molar-refractivity contribution in [3.8, 4) is 0 Å².